The van der Waals surface area contributed by atoms with Crippen LogP contribution in [0.3, 0.4) is 0 Å². The molecule has 0 aliphatic rings. The lowest BCUT2D eigenvalue weighted by Gasteiger charge is -2.07. The molecule has 2 aromatic rings. The van der Waals surface area contributed by atoms with Crippen molar-refractivity contribution < 1.29 is 14.8 Å². The SMILES string of the molecule is Cc1nc(Cl)nc(Oc2ccc(CCO)cc2)c1[N+](=O)[O-]. The fraction of sp³-hybridized carbons (Fsp3) is 0.231. The maximum absolute atomic E-state index is 11.1. The summed E-state index contributed by atoms with van der Waals surface area (Å²) in [6.07, 6.45) is 0.527. The molecule has 0 spiro atoms. The van der Waals surface area contributed by atoms with E-state index in [9.17, 15) is 10.1 Å². The molecule has 1 N–H and O–H groups in total. The van der Waals surface area contributed by atoms with Gasteiger partial charge in [-0.25, -0.2) is 4.98 Å². The minimum Gasteiger partial charge on any atom is -0.434 e. The Bertz CT molecular complexity index is 661. The molecule has 0 unspecified atom stereocenters. The lowest BCUT2D eigenvalue weighted by molar-refractivity contribution is -0.386. The molecule has 0 aliphatic heterocycles. The van der Waals surface area contributed by atoms with Crippen LogP contribution >= 0.6 is 11.6 Å². The quantitative estimate of drug-likeness (QED) is 0.518. The van der Waals surface area contributed by atoms with Gasteiger partial charge in [-0.1, -0.05) is 12.1 Å². The van der Waals surface area contributed by atoms with E-state index in [0.29, 0.717) is 12.2 Å². The third-order valence-corrected chi connectivity index (χ3v) is 2.89. The number of benzene rings is 1. The third-order valence-electron chi connectivity index (χ3n) is 2.72. The summed E-state index contributed by atoms with van der Waals surface area (Å²) in [5.41, 5.74) is 0.738. The molecule has 8 heteroatoms. The molecule has 1 heterocycles. The van der Waals surface area contributed by atoms with Gasteiger partial charge in [-0.05, 0) is 42.6 Å². The van der Waals surface area contributed by atoms with Crippen LogP contribution in [0.25, 0.3) is 0 Å². The van der Waals surface area contributed by atoms with Gasteiger partial charge < -0.3 is 9.84 Å². The van der Waals surface area contributed by atoms with Gasteiger partial charge in [-0.3, -0.25) is 10.1 Å². The lowest BCUT2D eigenvalue weighted by Crippen LogP contribution is -2.01. The molecule has 2 rings (SSSR count). The summed E-state index contributed by atoms with van der Waals surface area (Å²) in [7, 11) is 0. The molecular weight excluding hydrogens is 298 g/mol. The summed E-state index contributed by atoms with van der Waals surface area (Å²) in [4.78, 5) is 17.9. The van der Waals surface area contributed by atoms with Gasteiger partial charge in [0.25, 0.3) is 0 Å². The van der Waals surface area contributed by atoms with Gasteiger partial charge >= 0.3 is 11.6 Å². The van der Waals surface area contributed by atoms with Crippen LogP contribution in [0, 0.1) is 17.0 Å². The highest BCUT2D eigenvalue weighted by molar-refractivity contribution is 6.28. The number of rotatable bonds is 5. The van der Waals surface area contributed by atoms with Crippen molar-refractivity contribution in [3.05, 3.63) is 50.9 Å². The highest BCUT2D eigenvalue weighted by Gasteiger charge is 2.23. The summed E-state index contributed by atoms with van der Waals surface area (Å²) in [6.45, 7) is 1.51. The minimum atomic E-state index is -0.610. The van der Waals surface area contributed by atoms with Crippen molar-refractivity contribution in [1.29, 1.82) is 0 Å². The van der Waals surface area contributed by atoms with Crippen molar-refractivity contribution in [2.75, 3.05) is 6.61 Å². The van der Waals surface area contributed by atoms with Crippen LogP contribution in [0.4, 0.5) is 5.69 Å². The smallest absolute Gasteiger partial charge is 0.352 e. The topological polar surface area (TPSA) is 98.4 Å². The van der Waals surface area contributed by atoms with Crippen LogP contribution in [0.15, 0.2) is 24.3 Å². The van der Waals surface area contributed by atoms with Crippen LogP contribution in [-0.2, 0) is 6.42 Å². The van der Waals surface area contributed by atoms with Gasteiger partial charge in [0.1, 0.15) is 11.4 Å². The van der Waals surface area contributed by atoms with E-state index in [2.05, 4.69) is 9.97 Å². The summed E-state index contributed by atoms with van der Waals surface area (Å²) in [6, 6.07) is 6.79. The predicted octanol–water partition coefficient (Wildman–Crippen LogP) is 2.67. The molecule has 0 saturated carbocycles. The number of aliphatic hydroxyl groups is 1. The number of aryl methyl sites for hydroxylation is 1. The molecule has 0 radical (unpaired) electrons. The molecule has 1 aromatic heterocycles. The fourth-order valence-electron chi connectivity index (χ4n) is 1.75. The van der Waals surface area contributed by atoms with Crippen molar-refractivity contribution >= 4 is 17.3 Å². The van der Waals surface area contributed by atoms with Crippen LogP contribution in [0.5, 0.6) is 11.6 Å². The van der Waals surface area contributed by atoms with Gasteiger partial charge in [-0.2, -0.15) is 4.98 Å². The van der Waals surface area contributed by atoms with Crippen LogP contribution < -0.4 is 4.74 Å². The number of hydrogen-bond donors (Lipinski definition) is 1. The Balaban J connectivity index is 2.32. The summed E-state index contributed by atoms with van der Waals surface area (Å²) < 4.78 is 5.43. The molecule has 0 amide bonds. The van der Waals surface area contributed by atoms with Crippen LogP contribution in [0.1, 0.15) is 11.3 Å². The Hall–Kier alpha value is -2.25. The summed E-state index contributed by atoms with van der Waals surface area (Å²) in [5.74, 6) is 0.182. The fourth-order valence-corrected chi connectivity index (χ4v) is 1.96. The van der Waals surface area contributed by atoms with E-state index in [1.54, 1.807) is 24.3 Å². The largest absolute Gasteiger partial charge is 0.434 e. The standard InChI is InChI=1S/C13H12ClN3O4/c1-8-11(17(19)20)12(16-13(14)15-8)21-10-4-2-9(3-5-10)6-7-18/h2-5,18H,6-7H2,1H3. The molecular formula is C13H12ClN3O4. The van der Waals surface area contributed by atoms with Gasteiger partial charge in [0.2, 0.25) is 5.28 Å². The second-order valence-electron chi connectivity index (χ2n) is 4.21. The molecule has 0 atom stereocenters. The van der Waals surface area contributed by atoms with Crippen molar-refractivity contribution in [2.45, 2.75) is 13.3 Å². The number of nitrogens with zero attached hydrogens (tertiary/aromatic N) is 3. The van der Waals surface area contributed by atoms with E-state index in [1.165, 1.54) is 6.92 Å². The van der Waals surface area contributed by atoms with E-state index < -0.39 is 4.92 Å². The maximum atomic E-state index is 11.1. The average Bonchev–Trinajstić information content (AvgIpc) is 2.40. The van der Waals surface area contributed by atoms with E-state index in [4.69, 9.17) is 21.4 Å². The monoisotopic (exact) mass is 309 g/mol. The predicted molar refractivity (Wildman–Crippen MR) is 75.7 cm³/mol. The van der Waals surface area contributed by atoms with Crippen LogP contribution in [-0.4, -0.2) is 26.6 Å². The first-order valence-electron chi connectivity index (χ1n) is 6.07. The van der Waals surface area contributed by atoms with Crippen molar-refractivity contribution in [2.24, 2.45) is 0 Å². The summed E-state index contributed by atoms with van der Waals surface area (Å²) >= 11 is 5.71. The third kappa shape index (κ3) is 3.65. The first-order chi connectivity index (χ1) is 10.0. The zero-order valence-electron chi connectivity index (χ0n) is 11.1. The maximum Gasteiger partial charge on any atom is 0.352 e. The second-order valence-corrected chi connectivity index (χ2v) is 4.55. The Morgan fingerprint density at radius 1 is 1.33 bits per heavy atom. The Kier molecular flexibility index (Phi) is 4.66. The van der Waals surface area contributed by atoms with Gasteiger partial charge in [0.05, 0.1) is 4.92 Å². The van der Waals surface area contributed by atoms with E-state index in [1.807, 2.05) is 0 Å². The second kappa shape index (κ2) is 6.47. The van der Waals surface area contributed by atoms with Crippen LogP contribution in [0.2, 0.25) is 5.28 Å². The van der Waals surface area contributed by atoms with E-state index in [0.717, 1.165) is 5.56 Å². The molecule has 0 saturated heterocycles. The molecule has 0 aliphatic carbocycles. The highest BCUT2D eigenvalue weighted by Crippen LogP contribution is 2.32. The van der Waals surface area contributed by atoms with Gasteiger partial charge in [0.15, 0.2) is 0 Å². The highest BCUT2D eigenvalue weighted by atomic mass is 35.5. The Morgan fingerprint density at radius 3 is 2.57 bits per heavy atom. The lowest BCUT2D eigenvalue weighted by atomic mass is 10.1. The zero-order chi connectivity index (χ0) is 15.4. The van der Waals surface area contributed by atoms with Crippen molar-refractivity contribution in [3.8, 4) is 11.6 Å². The van der Waals surface area contributed by atoms with Gasteiger partial charge in [-0.15, -0.1) is 0 Å². The first-order valence-corrected chi connectivity index (χ1v) is 6.45. The van der Waals surface area contributed by atoms with Gasteiger partial charge in [0, 0.05) is 6.61 Å². The molecule has 1 aromatic carbocycles. The summed E-state index contributed by atoms with van der Waals surface area (Å²) in [5, 5.41) is 19.8. The Labute approximate surface area is 125 Å². The zero-order valence-corrected chi connectivity index (χ0v) is 11.9. The number of aromatic nitrogens is 2. The molecule has 7 nitrogen and oxygen atoms in total. The van der Waals surface area contributed by atoms with E-state index >= 15 is 0 Å². The molecule has 110 valence electrons. The number of aliphatic hydroxyl groups excluding tert-OH is 1. The number of ether oxygens (including phenoxy) is 1. The molecule has 21 heavy (non-hydrogen) atoms. The minimum absolute atomic E-state index is 0.0480. The number of nitro groups is 1. The van der Waals surface area contributed by atoms with E-state index in [-0.39, 0.29) is 29.2 Å². The molecule has 0 bridgehead atoms. The number of hydrogen-bond acceptors (Lipinski definition) is 6. The van der Waals surface area contributed by atoms with Crippen molar-refractivity contribution in [3.63, 3.8) is 0 Å². The Morgan fingerprint density at radius 2 is 2.00 bits per heavy atom. The molecule has 0 fully saturated rings. The normalized spacial score (nSPS) is 10.4. The number of halogens is 1. The van der Waals surface area contributed by atoms with Crippen molar-refractivity contribution in [1.82, 2.24) is 9.97 Å². The first kappa shape index (κ1) is 15.1. The average molecular weight is 310 g/mol.